The molecule has 0 spiro atoms. The van der Waals surface area contributed by atoms with Crippen LogP contribution in [0, 0.1) is 0 Å². The Balaban J connectivity index is 1.78. The molecule has 0 saturated carbocycles. The lowest BCUT2D eigenvalue weighted by Crippen LogP contribution is -2.40. The van der Waals surface area contributed by atoms with E-state index in [0.29, 0.717) is 17.5 Å². The van der Waals surface area contributed by atoms with Crippen molar-refractivity contribution in [3.05, 3.63) is 41.7 Å². The van der Waals surface area contributed by atoms with Crippen LogP contribution in [0.15, 0.2) is 35.5 Å². The van der Waals surface area contributed by atoms with E-state index in [-0.39, 0.29) is 11.7 Å². The molecule has 0 bridgehead atoms. The van der Waals surface area contributed by atoms with Crippen molar-refractivity contribution in [1.82, 2.24) is 25.8 Å². The zero-order valence-corrected chi connectivity index (χ0v) is 14.1. The van der Waals surface area contributed by atoms with Gasteiger partial charge >= 0.3 is 6.03 Å². The average molecular weight is 345 g/mol. The Morgan fingerprint density at radius 3 is 2.79 bits per heavy atom. The summed E-state index contributed by atoms with van der Waals surface area (Å²) in [6.45, 7) is 2.47. The average Bonchev–Trinajstić information content (AvgIpc) is 3.05. The summed E-state index contributed by atoms with van der Waals surface area (Å²) in [6, 6.07) is 9.35. The number of nitrogens with one attached hydrogen (secondary N) is 3. The van der Waals surface area contributed by atoms with Crippen LogP contribution in [-0.2, 0) is 4.79 Å². The van der Waals surface area contributed by atoms with E-state index in [0.717, 1.165) is 23.7 Å². The summed E-state index contributed by atoms with van der Waals surface area (Å²) in [6.07, 6.45) is 4.54. The topological polar surface area (TPSA) is 99.8 Å². The highest BCUT2D eigenvalue weighted by molar-refractivity contribution is 7.99. The lowest BCUT2D eigenvalue weighted by Gasteiger charge is -2.04. The van der Waals surface area contributed by atoms with Gasteiger partial charge in [-0.2, -0.15) is 0 Å². The molecule has 126 valence electrons. The Labute approximate surface area is 144 Å². The maximum Gasteiger partial charge on any atom is 0.321 e. The van der Waals surface area contributed by atoms with Crippen LogP contribution < -0.4 is 10.6 Å². The van der Waals surface area contributed by atoms with Crippen molar-refractivity contribution in [2.45, 2.75) is 18.5 Å². The minimum absolute atomic E-state index is 0.0687. The minimum Gasteiger partial charge on any atom is -0.338 e. The maximum absolute atomic E-state index is 11.6. The van der Waals surface area contributed by atoms with E-state index in [1.165, 1.54) is 0 Å². The third-order valence-electron chi connectivity index (χ3n) is 2.84. The fourth-order valence-corrected chi connectivity index (χ4v) is 2.32. The van der Waals surface area contributed by atoms with Crippen molar-refractivity contribution in [2.24, 2.45) is 0 Å². The lowest BCUT2D eigenvalue weighted by atomic mass is 10.2. The molecule has 2 aromatic rings. The number of nitrogens with zero attached hydrogens (tertiary/aromatic N) is 2. The third kappa shape index (κ3) is 6.25. The summed E-state index contributed by atoms with van der Waals surface area (Å²) in [7, 11) is 0. The molecule has 1 aromatic carbocycles. The quantitative estimate of drug-likeness (QED) is 0.669. The number of carbonyl (C=O) groups is 2. The molecular formula is C16H19N5O2S. The molecule has 3 amide bonds. The molecular weight excluding hydrogens is 326 g/mol. The van der Waals surface area contributed by atoms with E-state index in [9.17, 15) is 9.59 Å². The summed E-state index contributed by atoms with van der Waals surface area (Å²) >= 11 is 1.16. The molecule has 0 aliphatic rings. The van der Waals surface area contributed by atoms with Crippen LogP contribution in [0.2, 0.25) is 0 Å². The smallest absolute Gasteiger partial charge is 0.321 e. The van der Waals surface area contributed by atoms with Crippen molar-refractivity contribution in [3.63, 3.8) is 0 Å². The number of hydrogen-bond acceptors (Lipinski definition) is 5. The molecule has 0 aliphatic carbocycles. The molecule has 7 nitrogen and oxygen atoms in total. The molecule has 0 atom stereocenters. The molecule has 24 heavy (non-hydrogen) atoms. The van der Waals surface area contributed by atoms with Crippen LogP contribution in [-0.4, -0.2) is 39.4 Å². The monoisotopic (exact) mass is 345 g/mol. The Bertz CT molecular complexity index is 700. The first-order chi connectivity index (χ1) is 11.7. The Morgan fingerprint density at radius 1 is 1.25 bits per heavy atom. The number of thioether (sulfide) groups is 1. The molecule has 2 rings (SSSR count). The number of imide groups is 1. The molecule has 0 fully saturated rings. The number of amides is 3. The molecule has 8 heteroatoms. The van der Waals surface area contributed by atoms with E-state index in [2.05, 4.69) is 25.8 Å². The molecule has 3 N–H and O–H groups in total. The third-order valence-corrected chi connectivity index (χ3v) is 3.68. The number of carbonyl (C=O) groups excluding carboxylic acids is 2. The van der Waals surface area contributed by atoms with Crippen molar-refractivity contribution >= 4 is 35.9 Å². The van der Waals surface area contributed by atoms with Gasteiger partial charge in [0.25, 0.3) is 0 Å². The van der Waals surface area contributed by atoms with Gasteiger partial charge in [-0.1, -0.05) is 55.1 Å². The first kappa shape index (κ1) is 17.7. The number of aromatic amines is 1. The van der Waals surface area contributed by atoms with Crippen molar-refractivity contribution in [3.8, 4) is 0 Å². The first-order valence-electron chi connectivity index (χ1n) is 7.53. The van der Waals surface area contributed by atoms with Gasteiger partial charge in [0.15, 0.2) is 0 Å². The van der Waals surface area contributed by atoms with E-state index >= 15 is 0 Å². The van der Waals surface area contributed by atoms with Crippen molar-refractivity contribution in [1.29, 1.82) is 0 Å². The van der Waals surface area contributed by atoms with Gasteiger partial charge in [-0.15, -0.1) is 5.10 Å². The summed E-state index contributed by atoms with van der Waals surface area (Å²) in [5.41, 5.74) is 1.06. The number of benzene rings is 1. The van der Waals surface area contributed by atoms with Gasteiger partial charge in [0.1, 0.15) is 5.82 Å². The van der Waals surface area contributed by atoms with E-state index < -0.39 is 6.03 Å². The minimum atomic E-state index is -0.482. The largest absolute Gasteiger partial charge is 0.338 e. The fourth-order valence-electron chi connectivity index (χ4n) is 1.71. The highest BCUT2D eigenvalue weighted by Crippen LogP contribution is 2.13. The van der Waals surface area contributed by atoms with Crippen LogP contribution in [0.5, 0.6) is 0 Å². The fraction of sp³-hybridized carbons (Fsp3) is 0.250. The lowest BCUT2D eigenvalue weighted by molar-refractivity contribution is -0.117. The second kappa shape index (κ2) is 9.51. The van der Waals surface area contributed by atoms with Gasteiger partial charge in [0, 0.05) is 6.54 Å². The highest BCUT2D eigenvalue weighted by Gasteiger charge is 2.09. The summed E-state index contributed by atoms with van der Waals surface area (Å²) in [5.74, 6) is 0.279. The molecule has 1 heterocycles. The van der Waals surface area contributed by atoms with E-state index in [4.69, 9.17) is 0 Å². The number of rotatable bonds is 7. The SMILES string of the molecule is CCCNC(=O)NC(=O)CSc1n[nH]c(/C=C/c2ccccc2)n1. The predicted molar refractivity (Wildman–Crippen MR) is 94.3 cm³/mol. The van der Waals surface area contributed by atoms with Crippen LogP contribution in [0.4, 0.5) is 4.79 Å². The highest BCUT2D eigenvalue weighted by atomic mass is 32.2. The molecule has 0 saturated heterocycles. The maximum atomic E-state index is 11.6. The summed E-state index contributed by atoms with van der Waals surface area (Å²) in [4.78, 5) is 27.2. The molecule has 0 aliphatic heterocycles. The van der Waals surface area contributed by atoms with Crippen molar-refractivity contribution in [2.75, 3.05) is 12.3 Å². The first-order valence-corrected chi connectivity index (χ1v) is 8.52. The number of H-pyrrole nitrogens is 1. The molecule has 1 aromatic heterocycles. The van der Waals surface area contributed by atoms with Gasteiger partial charge in [-0.25, -0.2) is 9.78 Å². The van der Waals surface area contributed by atoms with Gasteiger partial charge in [-0.05, 0) is 18.1 Å². The van der Waals surface area contributed by atoms with Crippen LogP contribution in [0.1, 0.15) is 24.7 Å². The van der Waals surface area contributed by atoms with Crippen LogP contribution in [0.25, 0.3) is 12.2 Å². The zero-order valence-electron chi connectivity index (χ0n) is 13.3. The van der Waals surface area contributed by atoms with E-state index in [1.807, 2.05) is 49.4 Å². The Hall–Kier alpha value is -2.61. The summed E-state index contributed by atoms with van der Waals surface area (Å²) in [5, 5.41) is 12.1. The predicted octanol–water partition coefficient (Wildman–Crippen LogP) is 2.30. The van der Waals surface area contributed by atoms with Gasteiger partial charge in [0.05, 0.1) is 5.75 Å². The van der Waals surface area contributed by atoms with Crippen molar-refractivity contribution < 1.29 is 9.59 Å². The Morgan fingerprint density at radius 2 is 2.04 bits per heavy atom. The second-order valence-corrected chi connectivity index (χ2v) is 5.78. The normalized spacial score (nSPS) is 10.7. The van der Waals surface area contributed by atoms with Crippen LogP contribution >= 0.6 is 11.8 Å². The summed E-state index contributed by atoms with van der Waals surface area (Å²) < 4.78 is 0. The number of hydrogen-bond donors (Lipinski definition) is 3. The molecule has 0 unspecified atom stereocenters. The molecule has 0 radical (unpaired) electrons. The van der Waals surface area contributed by atoms with Crippen LogP contribution in [0.3, 0.4) is 0 Å². The van der Waals surface area contributed by atoms with Gasteiger partial charge in [-0.3, -0.25) is 15.2 Å². The Kier molecular flexibility index (Phi) is 7.03. The number of urea groups is 1. The number of aromatic nitrogens is 3. The van der Waals surface area contributed by atoms with E-state index in [1.54, 1.807) is 0 Å². The van der Waals surface area contributed by atoms with Gasteiger partial charge in [0.2, 0.25) is 11.1 Å². The second-order valence-electron chi connectivity index (χ2n) is 4.84. The standard InChI is InChI=1S/C16H19N5O2S/c1-2-10-17-15(23)19-14(22)11-24-16-18-13(20-21-16)9-8-12-6-4-3-5-7-12/h3-9H,2,10-11H2,1H3,(H,18,20,21)(H2,17,19,22,23)/b9-8+. The zero-order chi connectivity index (χ0) is 17.2. The van der Waals surface area contributed by atoms with Gasteiger partial charge < -0.3 is 5.32 Å².